The number of Topliss-reactive ketones (excluding diaryl/α,β-unsaturated/α-hetero) is 1. The van der Waals surface area contributed by atoms with Crippen LogP contribution in [0.15, 0.2) is 18.2 Å². The first kappa shape index (κ1) is 11.6. The van der Waals surface area contributed by atoms with Gasteiger partial charge in [-0.3, -0.25) is 24.5 Å². The van der Waals surface area contributed by atoms with Gasteiger partial charge in [0.2, 0.25) is 5.91 Å². The van der Waals surface area contributed by atoms with Crippen molar-refractivity contribution in [3.05, 3.63) is 29.3 Å². The summed E-state index contributed by atoms with van der Waals surface area (Å²) in [6.45, 7) is 0. The molecule has 2 N–H and O–H groups in total. The van der Waals surface area contributed by atoms with Crippen LogP contribution in [-0.4, -0.2) is 23.5 Å². The van der Waals surface area contributed by atoms with E-state index >= 15 is 0 Å². The van der Waals surface area contributed by atoms with Crippen LogP contribution in [0.5, 0.6) is 0 Å². The first-order valence-electron chi connectivity index (χ1n) is 5.92. The number of carbonyl (C=O) groups is 4. The first-order valence-corrected chi connectivity index (χ1v) is 5.92. The number of anilines is 1. The number of amides is 3. The molecule has 1 saturated carbocycles. The summed E-state index contributed by atoms with van der Waals surface area (Å²) in [4.78, 5) is 46.5. The second-order valence-corrected chi connectivity index (χ2v) is 4.60. The van der Waals surface area contributed by atoms with Gasteiger partial charge >= 0.3 is 0 Å². The average Bonchev–Trinajstić information content (AvgIpc) is 3.20. The largest absolute Gasteiger partial charge is 0.325 e. The van der Waals surface area contributed by atoms with Crippen LogP contribution < -0.4 is 10.6 Å². The number of carbonyl (C=O) groups excluding carboxylic acids is 4. The molecule has 6 nitrogen and oxygen atoms in total. The molecule has 1 aromatic rings. The highest BCUT2D eigenvalue weighted by molar-refractivity contribution is 6.50. The maximum Gasteiger partial charge on any atom is 0.299 e. The molecule has 6 heteroatoms. The fraction of sp³-hybridized carbons (Fsp3) is 0.231. The summed E-state index contributed by atoms with van der Waals surface area (Å²) >= 11 is 0. The highest BCUT2D eigenvalue weighted by atomic mass is 16.2. The summed E-state index contributed by atoms with van der Waals surface area (Å²) in [7, 11) is 0. The van der Waals surface area contributed by atoms with Crippen molar-refractivity contribution >= 4 is 29.2 Å². The molecule has 0 bridgehead atoms. The SMILES string of the molecule is O=C1NC(=O)c2cccc(NC(=O)C3CC3)c2C1=O. The zero-order valence-corrected chi connectivity index (χ0v) is 9.86. The summed E-state index contributed by atoms with van der Waals surface area (Å²) < 4.78 is 0. The molecule has 0 saturated heterocycles. The molecule has 3 rings (SSSR count). The smallest absolute Gasteiger partial charge is 0.299 e. The van der Waals surface area contributed by atoms with Gasteiger partial charge in [0.15, 0.2) is 0 Å². The molecule has 0 aromatic heterocycles. The lowest BCUT2D eigenvalue weighted by Gasteiger charge is -2.17. The van der Waals surface area contributed by atoms with E-state index < -0.39 is 17.6 Å². The summed E-state index contributed by atoms with van der Waals surface area (Å²) in [5, 5.41) is 4.57. The molecule has 0 unspecified atom stereocenters. The Hall–Kier alpha value is -2.50. The molecule has 96 valence electrons. The first-order chi connectivity index (χ1) is 9.08. The predicted molar refractivity (Wildman–Crippen MR) is 64.6 cm³/mol. The van der Waals surface area contributed by atoms with E-state index in [9.17, 15) is 19.2 Å². The molecule has 1 aliphatic carbocycles. The highest BCUT2D eigenvalue weighted by Gasteiger charge is 2.35. The van der Waals surface area contributed by atoms with Gasteiger partial charge in [-0.2, -0.15) is 0 Å². The van der Waals surface area contributed by atoms with Gasteiger partial charge in [-0.25, -0.2) is 0 Å². The van der Waals surface area contributed by atoms with Crippen molar-refractivity contribution in [2.75, 3.05) is 5.32 Å². The highest BCUT2D eigenvalue weighted by Crippen LogP contribution is 2.31. The summed E-state index contributed by atoms with van der Waals surface area (Å²) in [5.74, 6) is -2.60. The summed E-state index contributed by atoms with van der Waals surface area (Å²) in [5.41, 5.74) is 0.311. The third-order valence-electron chi connectivity index (χ3n) is 3.18. The van der Waals surface area contributed by atoms with Gasteiger partial charge in [0.05, 0.1) is 16.8 Å². The molecule has 1 fully saturated rings. The van der Waals surface area contributed by atoms with Gasteiger partial charge in [0, 0.05) is 5.92 Å². The van der Waals surface area contributed by atoms with E-state index in [0.29, 0.717) is 0 Å². The Morgan fingerprint density at radius 1 is 1.16 bits per heavy atom. The molecule has 0 spiro atoms. The van der Waals surface area contributed by atoms with Gasteiger partial charge in [-0.15, -0.1) is 0 Å². The molecular formula is C13H10N2O4. The van der Waals surface area contributed by atoms with Crippen molar-refractivity contribution in [3.8, 4) is 0 Å². The van der Waals surface area contributed by atoms with Gasteiger partial charge in [0.25, 0.3) is 17.6 Å². The topological polar surface area (TPSA) is 92.3 Å². The molecule has 1 aromatic carbocycles. The van der Waals surface area contributed by atoms with Crippen molar-refractivity contribution in [1.29, 1.82) is 0 Å². The van der Waals surface area contributed by atoms with Crippen molar-refractivity contribution in [2.45, 2.75) is 12.8 Å². The lowest BCUT2D eigenvalue weighted by Crippen LogP contribution is -2.42. The Kier molecular flexibility index (Phi) is 2.45. The number of benzene rings is 1. The number of imide groups is 1. The predicted octanol–water partition coefficient (Wildman–Crippen LogP) is 0.488. The minimum Gasteiger partial charge on any atom is -0.325 e. The molecule has 1 heterocycles. The van der Waals surface area contributed by atoms with Crippen LogP contribution in [0.25, 0.3) is 0 Å². The van der Waals surface area contributed by atoms with E-state index in [-0.39, 0.29) is 28.6 Å². The molecule has 1 aliphatic heterocycles. The van der Waals surface area contributed by atoms with E-state index in [1.807, 2.05) is 5.32 Å². The quantitative estimate of drug-likeness (QED) is 0.596. The minimum absolute atomic E-state index is 0.0229. The van der Waals surface area contributed by atoms with E-state index in [1.165, 1.54) is 12.1 Å². The molecule has 0 radical (unpaired) electrons. The number of ketones is 1. The van der Waals surface area contributed by atoms with Crippen LogP contribution in [0.1, 0.15) is 33.6 Å². The van der Waals surface area contributed by atoms with Crippen molar-refractivity contribution in [1.82, 2.24) is 5.32 Å². The van der Waals surface area contributed by atoms with Crippen molar-refractivity contribution in [2.24, 2.45) is 5.92 Å². The maximum atomic E-state index is 11.8. The number of fused-ring (bicyclic) bond motifs is 1. The van der Waals surface area contributed by atoms with E-state index in [1.54, 1.807) is 6.07 Å². The molecule has 0 atom stereocenters. The van der Waals surface area contributed by atoms with Crippen LogP contribution in [0.2, 0.25) is 0 Å². The Morgan fingerprint density at radius 3 is 2.58 bits per heavy atom. The Bertz CT molecular complexity index is 632. The maximum absolute atomic E-state index is 11.8. The molecule has 2 aliphatic rings. The number of hydrogen-bond acceptors (Lipinski definition) is 4. The van der Waals surface area contributed by atoms with Crippen LogP contribution in [-0.2, 0) is 9.59 Å². The van der Waals surface area contributed by atoms with Gasteiger partial charge < -0.3 is 5.32 Å². The van der Waals surface area contributed by atoms with E-state index in [4.69, 9.17) is 0 Å². The normalized spacial score (nSPS) is 17.8. The van der Waals surface area contributed by atoms with Crippen molar-refractivity contribution < 1.29 is 19.2 Å². The van der Waals surface area contributed by atoms with Crippen LogP contribution in [0.3, 0.4) is 0 Å². The number of hydrogen-bond donors (Lipinski definition) is 2. The van der Waals surface area contributed by atoms with Gasteiger partial charge in [-0.1, -0.05) is 6.07 Å². The second kappa shape index (κ2) is 4.01. The summed E-state index contributed by atoms with van der Waals surface area (Å²) in [6, 6.07) is 4.52. The zero-order chi connectivity index (χ0) is 13.6. The fourth-order valence-electron chi connectivity index (χ4n) is 2.01. The Balaban J connectivity index is 2.03. The van der Waals surface area contributed by atoms with Crippen LogP contribution in [0, 0.1) is 5.92 Å². The zero-order valence-electron chi connectivity index (χ0n) is 9.86. The minimum atomic E-state index is -0.967. The molecular weight excluding hydrogens is 248 g/mol. The molecule has 3 amide bonds. The second-order valence-electron chi connectivity index (χ2n) is 4.60. The van der Waals surface area contributed by atoms with Crippen molar-refractivity contribution in [3.63, 3.8) is 0 Å². The standard InChI is InChI=1S/C13H10N2O4/c16-10-9-7(12(18)15-13(10)19)2-1-3-8(9)14-11(17)6-4-5-6/h1-3,6H,4-5H2,(H,14,17)(H,15,18,19). The fourth-order valence-corrected chi connectivity index (χ4v) is 2.01. The van der Waals surface area contributed by atoms with Crippen LogP contribution >= 0.6 is 0 Å². The average molecular weight is 258 g/mol. The van der Waals surface area contributed by atoms with Gasteiger partial charge in [-0.05, 0) is 25.0 Å². The number of nitrogens with one attached hydrogen (secondary N) is 2. The monoisotopic (exact) mass is 258 g/mol. The van der Waals surface area contributed by atoms with Gasteiger partial charge in [0.1, 0.15) is 0 Å². The Morgan fingerprint density at radius 2 is 1.89 bits per heavy atom. The van der Waals surface area contributed by atoms with Crippen LogP contribution in [0.4, 0.5) is 5.69 Å². The third kappa shape index (κ3) is 1.91. The Labute approximate surface area is 108 Å². The van der Waals surface area contributed by atoms with E-state index in [2.05, 4.69) is 5.32 Å². The summed E-state index contributed by atoms with van der Waals surface area (Å²) in [6.07, 6.45) is 1.66. The van der Waals surface area contributed by atoms with E-state index in [0.717, 1.165) is 12.8 Å². The lowest BCUT2D eigenvalue weighted by atomic mass is 9.96. The number of rotatable bonds is 2. The third-order valence-corrected chi connectivity index (χ3v) is 3.18. The molecule has 19 heavy (non-hydrogen) atoms. The lowest BCUT2D eigenvalue weighted by molar-refractivity contribution is -0.117.